The van der Waals surface area contributed by atoms with Crippen LogP contribution in [0.2, 0.25) is 0 Å². The number of amides is 1. The molecule has 4 aromatic rings. The molecule has 0 atom stereocenters. The van der Waals surface area contributed by atoms with Gasteiger partial charge >= 0.3 is 0 Å². The van der Waals surface area contributed by atoms with Gasteiger partial charge in [-0.25, -0.2) is 0 Å². The second-order valence-electron chi connectivity index (χ2n) is 6.27. The number of para-hydroxylation sites is 1. The molecule has 0 aliphatic heterocycles. The number of ether oxygens (including phenoxy) is 1. The number of fused-ring (bicyclic) bond motifs is 2. The molecule has 0 saturated heterocycles. The predicted octanol–water partition coefficient (Wildman–Crippen LogP) is 4.30. The SMILES string of the molecule is COc1cc2ccccc2cc1C(=O)NCCc1c[nH]c2ccccc12. The predicted molar refractivity (Wildman–Crippen MR) is 105 cm³/mol. The number of nitrogens with one attached hydrogen (secondary N) is 2. The van der Waals surface area contributed by atoms with Gasteiger partial charge in [0.05, 0.1) is 12.7 Å². The minimum atomic E-state index is -0.118. The number of carbonyl (C=O) groups excluding carboxylic acids is 1. The highest BCUT2D eigenvalue weighted by molar-refractivity contribution is 6.01. The Kier molecular flexibility index (Phi) is 4.32. The Morgan fingerprint density at radius 3 is 2.58 bits per heavy atom. The zero-order valence-corrected chi connectivity index (χ0v) is 14.6. The first-order chi connectivity index (χ1) is 12.8. The number of methoxy groups -OCH3 is 1. The van der Waals surface area contributed by atoms with Crippen LogP contribution < -0.4 is 10.1 Å². The van der Waals surface area contributed by atoms with E-state index in [1.54, 1.807) is 7.11 Å². The third kappa shape index (κ3) is 3.02. The van der Waals surface area contributed by atoms with Crippen LogP contribution in [-0.4, -0.2) is 24.5 Å². The Hall–Kier alpha value is -3.27. The largest absolute Gasteiger partial charge is 0.496 e. The molecule has 0 unspecified atom stereocenters. The Labute approximate surface area is 151 Å². The molecule has 26 heavy (non-hydrogen) atoms. The van der Waals surface area contributed by atoms with E-state index in [-0.39, 0.29) is 5.91 Å². The first kappa shape index (κ1) is 16.2. The summed E-state index contributed by atoms with van der Waals surface area (Å²) in [5, 5.41) is 6.29. The van der Waals surface area contributed by atoms with Crippen molar-refractivity contribution in [1.29, 1.82) is 0 Å². The highest BCUT2D eigenvalue weighted by Crippen LogP contribution is 2.26. The van der Waals surface area contributed by atoms with Gasteiger partial charge in [0, 0.05) is 23.6 Å². The zero-order valence-electron chi connectivity index (χ0n) is 14.6. The lowest BCUT2D eigenvalue weighted by atomic mass is 10.1. The normalized spacial score (nSPS) is 11.0. The fraction of sp³-hybridized carbons (Fsp3) is 0.136. The first-order valence-corrected chi connectivity index (χ1v) is 8.66. The highest BCUT2D eigenvalue weighted by Gasteiger charge is 2.13. The monoisotopic (exact) mass is 344 g/mol. The van der Waals surface area contributed by atoms with E-state index >= 15 is 0 Å². The second-order valence-corrected chi connectivity index (χ2v) is 6.27. The number of carbonyl (C=O) groups is 1. The minimum absolute atomic E-state index is 0.118. The maximum atomic E-state index is 12.7. The maximum absolute atomic E-state index is 12.7. The smallest absolute Gasteiger partial charge is 0.255 e. The molecule has 1 heterocycles. The van der Waals surface area contributed by atoms with Crippen molar-refractivity contribution >= 4 is 27.6 Å². The van der Waals surface area contributed by atoms with Crippen molar-refractivity contribution in [2.75, 3.05) is 13.7 Å². The van der Waals surface area contributed by atoms with Crippen LogP contribution in [0.5, 0.6) is 5.75 Å². The van der Waals surface area contributed by atoms with Crippen LogP contribution in [0.4, 0.5) is 0 Å². The number of aromatic nitrogens is 1. The van der Waals surface area contributed by atoms with Crippen LogP contribution in [0.15, 0.2) is 66.9 Å². The van der Waals surface area contributed by atoms with Crippen LogP contribution in [0.1, 0.15) is 15.9 Å². The van der Waals surface area contributed by atoms with E-state index in [1.165, 1.54) is 10.9 Å². The number of hydrogen-bond acceptors (Lipinski definition) is 2. The summed E-state index contributed by atoms with van der Waals surface area (Å²) in [7, 11) is 1.59. The average Bonchev–Trinajstić information content (AvgIpc) is 3.10. The van der Waals surface area contributed by atoms with Gasteiger partial charge in [0.2, 0.25) is 0 Å². The molecule has 0 radical (unpaired) electrons. The molecular formula is C22H20N2O2. The van der Waals surface area contributed by atoms with Crippen LogP contribution >= 0.6 is 0 Å². The molecule has 0 aliphatic rings. The number of aromatic amines is 1. The molecular weight excluding hydrogens is 324 g/mol. The molecule has 2 N–H and O–H groups in total. The van der Waals surface area contributed by atoms with Gasteiger partial charge in [0.15, 0.2) is 0 Å². The summed E-state index contributed by atoms with van der Waals surface area (Å²) in [6.07, 6.45) is 2.78. The molecule has 0 bridgehead atoms. The molecule has 0 aliphatic carbocycles. The summed E-state index contributed by atoms with van der Waals surface area (Å²) < 4.78 is 5.42. The number of benzene rings is 3. The molecule has 0 fully saturated rings. The van der Waals surface area contributed by atoms with Crippen LogP contribution in [-0.2, 0) is 6.42 Å². The standard InChI is InChI=1S/C22H20N2O2/c1-26-21-13-16-7-3-2-6-15(16)12-19(21)22(25)23-11-10-17-14-24-20-9-5-4-8-18(17)20/h2-9,12-14,24H,10-11H2,1H3,(H,23,25). The van der Waals surface area contributed by atoms with Gasteiger partial charge in [-0.15, -0.1) is 0 Å². The van der Waals surface area contributed by atoms with Crippen molar-refractivity contribution in [1.82, 2.24) is 10.3 Å². The van der Waals surface area contributed by atoms with Crippen molar-refractivity contribution in [3.8, 4) is 5.75 Å². The minimum Gasteiger partial charge on any atom is -0.496 e. The quantitative estimate of drug-likeness (QED) is 0.567. The van der Waals surface area contributed by atoms with Crippen molar-refractivity contribution in [3.63, 3.8) is 0 Å². The summed E-state index contributed by atoms with van der Waals surface area (Å²) in [6.45, 7) is 0.566. The van der Waals surface area contributed by atoms with Gasteiger partial charge in [-0.1, -0.05) is 42.5 Å². The summed E-state index contributed by atoms with van der Waals surface area (Å²) in [6, 6.07) is 19.9. The fourth-order valence-electron chi connectivity index (χ4n) is 3.31. The molecule has 4 nitrogen and oxygen atoms in total. The Morgan fingerprint density at radius 2 is 1.77 bits per heavy atom. The van der Waals surface area contributed by atoms with E-state index in [0.29, 0.717) is 17.9 Å². The molecule has 4 heteroatoms. The lowest BCUT2D eigenvalue weighted by Gasteiger charge is -2.11. The summed E-state index contributed by atoms with van der Waals surface area (Å²) in [5.41, 5.74) is 2.88. The highest BCUT2D eigenvalue weighted by atomic mass is 16.5. The topological polar surface area (TPSA) is 54.1 Å². The van der Waals surface area contributed by atoms with E-state index in [1.807, 2.05) is 54.7 Å². The molecule has 130 valence electrons. The van der Waals surface area contributed by atoms with Crippen molar-refractivity contribution < 1.29 is 9.53 Å². The van der Waals surface area contributed by atoms with Crippen LogP contribution in [0, 0.1) is 0 Å². The summed E-state index contributed by atoms with van der Waals surface area (Å²) in [4.78, 5) is 15.9. The summed E-state index contributed by atoms with van der Waals surface area (Å²) in [5.74, 6) is 0.473. The van der Waals surface area contributed by atoms with Crippen LogP contribution in [0.25, 0.3) is 21.7 Å². The van der Waals surface area contributed by atoms with Crippen molar-refractivity contribution in [2.24, 2.45) is 0 Å². The fourth-order valence-corrected chi connectivity index (χ4v) is 3.31. The van der Waals surface area contributed by atoms with Gasteiger partial charge in [0.1, 0.15) is 5.75 Å². The van der Waals surface area contributed by atoms with Gasteiger partial charge in [-0.2, -0.15) is 0 Å². The molecule has 0 saturated carbocycles. The Balaban J connectivity index is 1.50. The molecule has 1 amide bonds. The number of hydrogen-bond donors (Lipinski definition) is 2. The van der Waals surface area contributed by atoms with E-state index in [9.17, 15) is 4.79 Å². The molecule has 1 aromatic heterocycles. The second kappa shape index (κ2) is 6.92. The number of rotatable bonds is 5. The van der Waals surface area contributed by atoms with Crippen molar-refractivity contribution in [2.45, 2.75) is 6.42 Å². The van der Waals surface area contributed by atoms with Gasteiger partial charge in [-0.05, 0) is 41.0 Å². The first-order valence-electron chi connectivity index (χ1n) is 8.66. The van der Waals surface area contributed by atoms with Gasteiger partial charge in [-0.3, -0.25) is 4.79 Å². The van der Waals surface area contributed by atoms with Gasteiger partial charge < -0.3 is 15.0 Å². The molecule has 3 aromatic carbocycles. The lowest BCUT2D eigenvalue weighted by molar-refractivity contribution is 0.0951. The lowest BCUT2D eigenvalue weighted by Crippen LogP contribution is -2.26. The zero-order chi connectivity index (χ0) is 17.9. The Bertz CT molecular complexity index is 1080. The summed E-state index contributed by atoms with van der Waals surface area (Å²) >= 11 is 0. The Morgan fingerprint density at radius 1 is 1.04 bits per heavy atom. The van der Waals surface area contributed by atoms with Gasteiger partial charge in [0.25, 0.3) is 5.91 Å². The van der Waals surface area contributed by atoms with E-state index < -0.39 is 0 Å². The van der Waals surface area contributed by atoms with E-state index in [2.05, 4.69) is 22.4 Å². The van der Waals surface area contributed by atoms with E-state index in [0.717, 1.165) is 22.7 Å². The van der Waals surface area contributed by atoms with Crippen LogP contribution in [0.3, 0.4) is 0 Å². The third-order valence-electron chi connectivity index (χ3n) is 4.67. The maximum Gasteiger partial charge on any atom is 0.255 e. The van der Waals surface area contributed by atoms with Crippen molar-refractivity contribution in [3.05, 3.63) is 78.0 Å². The number of H-pyrrole nitrogens is 1. The third-order valence-corrected chi connectivity index (χ3v) is 4.67. The molecule has 4 rings (SSSR count). The average molecular weight is 344 g/mol. The molecule has 0 spiro atoms. The van der Waals surface area contributed by atoms with E-state index in [4.69, 9.17) is 4.74 Å².